The lowest BCUT2D eigenvalue weighted by Crippen LogP contribution is -2.36. The van der Waals surface area contributed by atoms with Crippen LogP contribution in [0.5, 0.6) is 0 Å². The summed E-state index contributed by atoms with van der Waals surface area (Å²) < 4.78 is 5.41. The number of carbonyl (C=O) groups excluding carboxylic acids is 1. The number of hydrogen-bond donors (Lipinski definition) is 2. The third-order valence-electron chi connectivity index (χ3n) is 6.55. The summed E-state index contributed by atoms with van der Waals surface area (Å²) in [6.07, 6.45) is 0. The Balaban J connectivity index is 0.00000370. The van der Waals surface area contributed by atoms with Crippen molar-refractivity contribution in [2.24, 2.45) is 0 Å². The molecule has 0 atom stereocenters. The van der Waals surface area contributed by atoms with Gasteiger partial charge in [-0.2, -0.15) is 0 Å². The van der Waals surface area contributed by atoms with Crippen LogP contribution in [0.4, 0.5) is 22.2 Å². The minimum Gasteiger partial charge on any atom is -0.478 e. The summed E-state index contributed by atoms with van der Waals surface area (Å²) in [5.74, 6) is -1.11. The molecular formula is C30H31ClN4O4S. The van der Waals surface area contributed by atoms with Gasteiger partial charge in [0.25, 0.3) is 5.91 Å². The summed E-state index contributed by atoms with van der Waals surface area (Å²) in [5.41, 5.74) is 5.31. The van der Waals surface area contributed by atoms with Gasteiger partial charge in [0.05, 0.1) is 24.5 Å². The topological polar surface area (TPSA) is 95.0 Å². The van der Waals surface area contributed by atoms with Crippen molar-refractivity contribution in [2.75, 3.05) is 41.4 Å². The van der Waals surface area contributed by atoms with Crippen LogP contribution in [0.2, 0.25) is 0 Å². The second kappa shape index (κ2) is 13.0. The van der Waals surface area contributed by atoms with E-state index in [0.717, 1.165) is 54.1 Å². The number of nitrogens with one attached hydrogen (secondary N) is 1. The lowest BCUT2D eigenvalue weighted by molar-refractivity contribution is 0.0696. The van der Waals surface area contributed by atoms with E-state index in [4.69, 9.17) is 9.72 Å². The highest BCUT2D eigenvalue weighted by Gasteiger charge is 2.18. The minimum atomic E-state index is -0.949. The Bertz CT molecular complexity index is 1430. The number of morpholine rings is 1. The number of aromatic nitrogens is 1. The van der Waals surface area contributed by atoms with Crippen LogP contribution in [-0.2, 0) is 4.74 Å². The molecule has 1 aromatic heterocycles. The Hall–Kier alpha value is -3.92. The molecule has 0 spiro atoms. The molecule has 208 valence electrons. The maximum Gasteiger partial charge on any atom is 0.335 e. The molecule has 0 bridgehead atoms. The number of halogens is 1. The largest absolute Gasteiger partial charge is 0.478 e. The van der Waals surface area contributed by atoms with E-state index in [2.05, 4.69) is 29.0 Å². The number of amides is 1. The van der Waals surface area contributed by atoms with Crippen molar-refractivity contribution in [3.63, 3.8) is 0 Å². The van der Waals surface area contributed by atoms with Gasteiger partial charge in [0.1, 0.15) is 0 Å². The zero-order valence-electron chi connectivity index (χ0n) is 22.2. The van der Waals surface area contributed by atoms with E-state index >= 15 is 0 Å². The SMILES string of the molecule is CC(C)N(c1ccc(C(=O)O)cc1)c1nc(-c2ccc(NC(=O)c3ccc(N4CCOCC4)cc3)cc2)cs1.Cl. The Morgan fingerprint density at radius 3 is 2.17 bits per heavy atom. The molecule has 1 aliphatic rings. The fourth-order valence-corrected chi connectivity index (χ4v) is 5.46. The molecule has 0 saturated carbocycles. The number of rotatable bonds is 8. The molecule has 8 nitrogen and oxygen atoms in total. The summed E-state index contributed by atoms with van der Waals surface area (Å²) in [4.78, 5) is 33.2. The maximum atomic E-state index is 12.8. The Morgan fingerprint density at radius 1 is 0.950 bits per heavy atom. The van der Waals surface area contributed by atoms with Crippen LogP contribution in [-0.4, -0.2) is 54.3 Å². The van der Waals surface area contributed by atoms with Gasteiger partial charge in [-0.05, 0) is 74.5 Å². The number of carbonyl (C=O) groups is 2. The molecule has 1 amide bonds. The van der Waals surface area contributed by atoms with Crippen LogP contribution < -0.4 is 15.1 Å². The number of hydrogen-bond acceptors (Lipinski definition) is 7. The number of benzene rings is 3. The molecule has 40 heavy (non-hydrogen) atoms. The predicted octanol–water partition coefficient (Wildman–Crippen LogP) is 6.57. The van der Waals surface area contributed by atoms with Gasteiger partial charge in [0.15, 0.2) is 5.13 Å². The quantitative estimate of drug-likeness (QED) is 0.244. The van der Waals surface area contributed by atoms with Crippen LogP contribution in [0.1, 0.15) is 34.6 Å². The second-order valence-corrected chi connectivity index (χ2v) is 10.3. The van der Waals surface area contributed by atoms with Gasteiger partial charge in [0, 0.05) is 52.7 Å². The number of carboxylic acids is 1. The third kappa shape index (κ3) is 6.62. The van der Waals surface area contributed by atoms with Crippen LogP contribution in [0.3, 0.4) is 0 Å². The molecule has 1 fully saturated rings. The average molecular weight is 579 g/mol. The Labute approximate surface area is 243 Å². The van der Waals surface area contributed by atoms with E-state index in [1.54, 1.807) is 24.3 Å². The van der Waals surface area contributed by atoms with Gasteiger partial charge in [-0.3, -0.25) is 4.79 Å². The highest BCUT2D eigenvalue weighted by atomic mass is 35.5. The first-order valence-corrected chi connectivity index (χ1v) is 13.7. The first-order chi connectivity index (χ1) is 18.9. The van der Waals surface area contributed by atoms with Gasteiger partial charge in [-0.1, -0.05) is 12.1 Å². The third-order valence-corrected chi connectivity index (χ3v) is 7.39. The van der Waals surface area contributed by atoms with Gasteiger partial charge < -0.3 is 25.0 Å². The summed E-state index contributed by atoms with van der Waals surface area (Å²) in [6.45, 7) is 7.29. The highest BCUT2D eigenvalue weighted by molar-refractivity contribution is 7.14. The number of nitrogens with zero attached hydrogens (tertiary/aromatic N) is 3. The number of aromatic carboxylic acids is 1. The standard InChI is InChI=1S/C30H30N4O4S.ClH/c1-20(2)34(26-13-7-23(8-14-26)29(36)37)30-32-27(19-39-30)21-3-9-24(10-4-21)31-28(35)22-5-11-25(12-6-22)33-15-17-38-18-16-33;/h3-14,19-20H,15-18H2,1-2H3,(H,31,35)(H,36,37);1H. The van der Waals surface area contributed by atoms with E-state index in [1.807, 2.05) is 53.9 Å². The van der Waals surface area contributed by atoms with Crippen LogP contribution in [0, 0.1) is 0 Å². The predicted molar refractivity (Wildman–Crippen MR) is 163 cm³/mol. The molecule has 1 saturated heterocycles. The van der Waals surface area contributed by atoms with Crippen molar-refractivity contribution < 1.29 is 19.4 Å². The van der Waals surface area contributed by atoms with E-state index in [0.29, 0.717) is 11.3 Å². The van der Waals surface area contributed by atoms with E-state index < -0.39 is 5.97 Å². The summed E-state index contributed by atoms with van der Waals surface area (Å²) in [6, 6.07) is 22.2. The number of anilines is 4. The zero-order valence-corrected chi connectivity index (χ0v) is 23.9. The monoisotopic (exact) mass is 578 g/mol. The fraction of sp³-hybridized carbons (Fsp3) is 0.233. The first kappa shape index (κ1) is 29.1. The normalized spacial score (nSPS) is 13.0. The Kier molecular flexibility index (Phi) is 9.42. The molecule has 0 unspecified atom stereocenters. The van der Waals surface area contributed by atoms with Crippen molar-refractivity contribution in [1.82, 2.24) is 4.98 Å². The van der Waals surface area contributed by atoms with Crippen molar-refractivity contribution in [1.29, 1.82) is 0 Å². The van der Waals surface area contributed by atoms with Gasteiger partial charge in [0.2, 0.25) is 0 Å². The van der Waals surface area contributed by atoms with Crippen LogP contribution >= 0.6 is 23.7 Å². The molecule has 0 aliphatic carbocycles. The van der Waals surface area contributed by atoms with Crippen molar-refractivity contribution in [3.8, 4) is 11.3 Å². The smallest absolute Gasteiger partial charge is 0.335 e. The zero-order chi connectivity index (χ0) is 27.4. The first-order valence-electron chi connectivity index (χ1n) is 12.8. The average Bonchev–Trinajstić information content (AvgIpc) is 3.44. The minimum absolute atomic E-state index is 0. The second-order valence-electron chi connectivity index (χ2n) is 9.51. The van der Waals surface area contributed by atoms with E-state index in [1.165, 1.54) is 11.3 Å². The number of ether oxygens (including phenoxy) is 1. The molecule has 2 N–H and O–H groups in total. The molecule has 0 radical (unpaired) electrons. The molecule has 10 heteroatoms. The van der Waals surface area contributed by atoms with Crippen LogP contribution in [0.15, 0.2) is 78.2 Å². The lowest BCUT2D eigenvalue weighted by atomic mass is 10.1. The Morgan fingerprint density at radius 2 is 1.57 bits per heavy atom. The summed E-state index contributed by atoms with van der Waals surface area (Å²) in [7, 11) is 0. The highest BCUT2D eigenvalue weighted by Crippen LogP contribution is 2.34. The number of thiazole rings is 1. The number of carboxylic acid groups (broad SMARTS) is 1. The van der Waals surface area contributed by atoms with E-state index in [9.17, 15) is 14.7 Å². The molecule has 3 aromatic carbocycles. The van der Waals surface area contributed by atoms with Crippen molar-refractivity contribution in [2.45, 2.75) is 19.9 Å². The summed E-state index contributed by atoms with van der Waals surface area (Å²) in [5, 5.41) is 15.0. The van der Waals surface area contributed by atoms with Crippen molar-refractivity contribution >= 4 is 57.8 Å². The van der Waals surface area contributed by atoms with Gasteiger partial charge >= 0.3 is 5.97 Å². The molecular weight excluding hydrogens is 548 g/mol. The fourth-order valence-electron chi connectivity index (χ4n) is 4.47. The molecule has 1 aliphatic heterocycles. The van der Waals surface area contributed by atoms with Gasteiger partial charge in [-0.25, -0.2) is 9.78 Å². The molecule has 4 aromatic rings. The van der Waals surface area contributed by atoms with Crippen molar-refractivity contribution in [3.05, 3.63) is 89.3 Å². The maximum absolute atomic E-state index is 12.8. The lowest BCUT2D eigenvalue weighted by Gasteiger charge is -2.28. The van der Waals surface area contributed by atoms with Gasteiger partial charge in [-0.15, -0.1) is 23.7 Å². The summed E-state index contributed by atoms with van der Waals surface area (Å²) >= 11 is 1.53. The molecule has 2 heterocycles. The van der Waals surface area contributed by atoms with Crippen LogP contribution in [0.25, 0.3) is 11.3 Å². The molecule has 5 rings (SSSR count). The van der Waals surface area contributed by atoms with E-state index in [-0.39, 0.29) is 29.9 Å².